The first kappa shape index (κ1) is 6.56. The summed E-state index contributed by atoms with van der Waals surface area (Å²) < 4.78 is 0. The Bertz CT molecular complexity index is 145. The van der Waals surface area contributed by atoms with E-state index in [1.54, 1.807) is 0 Å². The molecule has 1 atom stereocenters. The molecule has 0 aromatic rings. The molecule has 1 rings (SSSR count). The summed E-state index contributed by atoms with van der Waals surface area (Å²) in [6.07, 6.45) is 7.61. The summed E-state index contributed by atoms with van der Waals surface area (Å²) in [6, 6.07) is 0.542. The zero-order valence-corrected chi connectivity index (χ0v) is 6.02. The molecule has 50 valence electrons. The molecule has 0 saturated carbocycles. The molecule has 0 radical (unpaired) electrons. The molecule has 0 spiro atoms. The lowest BCUT2D eigenvalue weighted by Crippen LogP contribution is -2.22. The van der Waals surface area contributed by atoms with Crippen LogP contribution in [-0.4, -0.2) is 13.1 Å². The summed E-state index contributed by atoms with van der Waals surface area (Å²) in [4.78, 5) is 0. The van der Waals surface area contributed by atoms with Crippen molar-refractivity contribution in [3.05, 3.63) is 23.8 Å². The van der Waals surface area contributed by atoms with Gasteiger partial charge >= 0.3 is 0 Å². The van der Waals surface area contributed by atoms with E-state index >= 15 is 0 Å². The van der Waals surface area contributed by atoms with E-state index in [1.165, 1.54) is 5.57 Å². The summed E-state index contributed by atoms with van der Waals surface area (Å²) in [5.74, 6) is 0. The van der Waals surface area contributed by atoms with Crippen LogP contribution in [0.1, 0.15) is 13.3 Å². The molecule has 1 N–H and O–H groups in total. The van der Waals surface area contributed by atoms with Gasteiger partial charge in [-0.05, 0) is 26.0 Å². The van der Waals surface area contributed by atoms with E-state index in [-0.39, 0.29) is 0 Å². The monoisotopic (exact) mass is 123 g/mol. The minimum Gasteiger partial charge on any atom is -0.314 e. The lowest BCUT2D eigenvalue weighted by molar-refractivity contribution is 0.683. The van der Waals surface area contributed by atoms with Crippen molar-refractivity contribution in [3.63, 3.8) is 0 Å². The smallest absolute Gasteiger partial charge is 0.0254 e. The Morgan fingerprint density at radius 1 is 1.67 bits per heavy atom. The van der Waals surface area contributed by atoms with E-state index in [9.17, 15) is 0 Å². The molecule has 0 saturated heterocycles. The number of allylic oxidation sites excluding steroid dienone is 3. The van der Waals surface area contributed by atoms with Crippen LogP contribution in [0, 0.1) is 0 Å². The van der Waals surface area contributed by atoms with Crippen molar-refractivity contribution < 1.29 is 0 Å². The van der Waals surface area contributed by atoms with Gasteiger partial charge in [-0.1, -0.05) is 18.2 Å². The van der Waals surface area contributed by atoms with Crippen LogP contribution in [0.15, 0.2) is 23.8 Å². The topological polar surface area (TPSA) is 12.0 Å². The quantitative estimate of drug-likeness (QED) is 0.586. The Morgan fingerprint density at radius 2 is 2.44 bits per heavy atom. The van der Waals surface area contributed by atoms with E-state index in [2.05, 4.69) is 30.5 Å². The average Bonchev–Trinajstić information content (AvgIpc) is 2.37. The average molecular weight is 123 g/mol. The molecule has 0 aromatic carbocycles. The van der Waals surface area contributed by atoms with Crippen molar-refractivity contribution in [1.82, 2.24) is 5.32 Å². The second-order valence-corrected chi connectivity index (χ2v) is 2.38. The largest absolute Gasteiger partial charge is 0.314 e. The van der Waals surface area contributed by atoms with E-state index in [0.717, 1.165) is 6.42 Å². The van der Waals surface area contributed by atoms with Gasteiger partial charge in [-0.3, -0.25) is 0 Å². The van der Waals surface area contributed by atoms with Crippen molar-refractivity contribution >= 4 is 0 Å². The van der Waals surface area contributed by atoms with Crippen LogP contribution in [0.2, 0.25) is 0 Å². The molecule has 0 amide bonds. The van der Waals surface area contributed by atoms with Crippen molar-refractivity contribution in [2.75, 3.05) is 7.05 Å². The zero-order chi connectivity index (χ0) is 6.69. The highest BCUT2D eigenvalue weighted by molar-refractivity contribution is 5.26. The fraction of sp³-hybridized carbons (Fsp3) is 0.500. The van der Waals surface area contributed by atoms with E-state index in [0.29, 0.717) is 6.04 Å². The third kappa shape index (κ3) is 1.42. The van der Waals surface area contributed by atoms with Gasteiger partial charge in [0.05, 0.1) is 0 Å². The molecule has 1 heteroatoms. The van der Waals surface area contributed by atoms with Crippen molar-refractivity contribution in [1.29, 1.82) is 0 Å². The van der Waals surface area contributed by atoms with E-state index in [1.807, 2.05) is 7.05 Å². The Hall–Kier alpha value is -0.560. The molecular weight excluding hydrogens is 110 g/mol. The summed E-state index contributed by atoms with van der Waals surface area (Å²) in [7, 11) is 1.99. The fourth-order valence-corrected chi connectivity index (χ4v) is 0.970. The molecule has 9 heavy (non-hydrogen) atoms. The highest BCUT2D eigenvalue weighted by atomic mass is 14.9. The van der Waals surface area contributed by atoms with Crippen molar-refractivity contribution in [2.45, 2.75) is 19.4 Å². The van der Waals surface area contributed by atoms with Crippen LogP contribution in [0.3, 0.4) is 0 Å². The Kier molecular flexibility index (Phi) is 2.06. The lowest BCUT2D eigenvalue weighted by Gasteiger charge is -2.09. The third-order valence-electron chi connectivity index (χ3n) is 1.79. The fourth-order valence-electron chi connectivity index (χ4n) is 0.970. The SMILES string of the molecule is CN[C@H](C)C1=CC=CC1. The highest BCUT2D eigenvalue weighted by Crippen LogP contribution is 2.13. The number of hydrogen-bond donors (Lipinski definition) is 1. The predicted octanol–water partition coefficient (Wildman–Crippen LogP) is 1.48. The highest BCUT2D eigenvalue weighted by Gasteiger charge is 2.05. The third-order valence-corrected chi connectivity index (χ3v) is 1.79. The van der Waals surface area contributed by atoms with Gasteiger partial charge in [-0.25, -0.2) is 0 Å². The van der Waals surface area contributed by atoms with E-state index < -0.39 is 0 Å². The van der Waals surface area contributed by atoms with Gasteiger partial charge in [-0.15, -0.1) is 0 Å². The Morgan fingerprint density at radius 3 is 2.89 bits per heavy atom. The standard InChI is InChI=1S/C8H13N/c1-7(9-2)8-5-3-4-6-8/h3-5,7,9H,6H2,1-2H3/t7-/m1/s1. The Balaban J connectivity index is 2.45. The number of likely N-dealkylation sites (N-methyl/N-ethyl adjacent to an activating group) is 1. The molecule has 0 heterocycles. The van der Waals surface area contributed by atoms with Crippen LogP contribution < -0.4 is 5.32 Å². The summed E-state index contributed by atoms with van der Waals surface area (Å²) >= 11 is 0. The van der Waals surface area contributed by atoms with Crippen LogP contribution >= 0.6 is 0 Å². The maximum Gasteiger partial charge on any atom is 0.0254 e. The van der Waals surface area contributed by atoms with Crippen LogP contribution in [0.5, 0.6) is 0 Å². The van der Waals surface area contributed by atoms with Gasteiger partial charge in [0.25, 0.3) is 0 Å². The molecule has 0 aliphatic heterocycles. The first-order chi connectivity index (χ1) is 4.34. The van der Waals surface area contributed by atoms with Crippen LogP contribution in [0.4, 0.5) is 0 Å². The second-order valence-electron chi connectivity index (χ2n) is 2.38. The molecule has 1 nitrogen and oxygen atoms in total. The summed E-state index contributed by atoms with van der Waals surface area (Å²) in [6.45, 7) is 2.18. The van der Waals surface area contributed by atoms with Gasteiger partial charge in [0.1, 0.15) is 0 Å². The predicted molar refractivity (Wildman–Crippen MR) is 40.4 cm³/mol. The van der Waals surface area contributed by atoms with Crippen LogP contribution in [0.25, 0.3) is 0 Å². The molecule has 1 aliphatic carbocycles. The van der Waals surface area contributed by atoms with Crippen LogP contribution in [-0.2, 0) is 0 Å². The number of rotatable bonds is 2. The van der Waals surface area contributed by atoms with Gasteiger partial charge < -0.3 is 5.32 Å². The molecule has 0 unspecified atom stereocenters. The zero-order valence-electron chi connectivity index (χ0n) is 6.02. The number of nitrogens with one attached hydrogen (secondary N) is 1. The second kappa shape index (κ2) is 2.83. The minimum atomic E-state index is 0.542. The molecular formula is C8H13N. The molecule has 0 aromatic heterocycles. The van der Waals surface area contributed by atoms with Gasteiger partial charge in [0.2, 0.25) is 0 Å². The molecule has 1 aliphatic rings. The van der Waals surface area contributed by atoms with Gasteiger partial charge in [-0.2, -0.15) is 0 Å². The summed E-state index contributed by atoms with van der Waals surface area (Å²) in [5, 5.41) is 3.20. The van der Waals surface area contributed by atoms with Gasteiger partial charge in [0.15, 0.2) is 0 Å². The first-order valence-corrected chi connectivity index (χ1v) is 3.37. The Labute approximate surface area is 56.5 Å². The summed E-state index contributed by atoms with van der Waals surface area (Å²) in [5.41, 5.74) is 1.48. The normalized spacial score (nSPS) is 20.0. The first-order valence-electron chi connectivity index (χ1n) is 3.37. The van der Waals surface area contributed by atoms with E-state index in [4.69, 9.17) is 0 Å². The maximum atomic E-state index is 3.20. The molecule has 0 bridgehead atoms. The molecule has 0 fully saturated rings. The number of hydrogen-bond acceptors (Lipinski definition) is 1. The minimum absolute atomic E-state index is 0.542. The van der Waals surface area contributed by atoms with Crippen molar-refractivity contribution in [2.24, 2.45) is 0 Å². The van der Waals surface area contributed by atoms with Gasteiger partial charge in [0, 0.05) is 6.04 Å². The van der Waals surface area contributed by atoms with Crippen molar-refractivity contribution in [3.8, 4) is 0 Å². The lowest BCUT2D eigenvalue weighted by atomic mass is 10.1. The maximum absolute atomic E-state index is 3.20.